The lowest BCUT2D eigenvalue weighted by Gasteiger charge is -2.35. The van der Waals surface area contributed by atoms with Crippen LogP contribution in [0.25, 0.3) is 0 Å². The van der Waals surface area contributed by atoms with Crippen LogP contribution < -0.4 is 5.32 Å². The standard InChI is InChI=1S/C13H25N/c1-11-10-14-9-8-13(11)12-6-4-2-3-5-7-12/h11-14H,2-10H2,1H3. The van der Waals surface area contributed by atoms with Gasteiger partial charge in [-0.1, -0.05) is 45.4 Å². The van der Waals surface area contributed by atoms with E-state index in [1.54, 1.807) is 0 Å². The first-order valence-electron chi connectivity index (χ1n) is 6.58. The Bertz CT molecular complexity index is 159. The van der Waals surface area contributed by atoms with Crippen LogP contribution in [0.5, 0.6) is 0 Å². The summed E-state index contributed by atoms with van der Waals surface area (Å²) in [4.78, 5) is 0. The average molecular weight is 195 g/mol. The maximum Gasteiger partial charge on any atom is -0.00204 e. The fourth-order valence-corrected chi connectivity index (χ4v) is 3.47. The van der Waals surface area contributed by atoms with E-state index in [2.05, 4.69) is 12.2 Å². The molecule has 2 rings (SSSR count). The third kappa shape index (κ3) is 2.50. The van der Waals surface area contributed by atoms with E-state index in [0.29, 0.717) is 0 Å². The van der Waals surface area contributed by atoms with Gasteiger partial charge in [0.1, 0.15) is 0 Å². The van der Waals surface area contributed by atoms with E-state index in [1.165, 1.54) is 58.0 Å². The van der Waals surface area contributed by atoms with Crippen molar-refractivity contribution in [2.24, 2.45) is 17.8 Å². The van der Waals surface area contributed by atoms with E-state index in [4.69, 9.17) is 0 Å². The molecule has 0 aromatic heterocycles. The van der Waals surface area contributed by atoms with Crippen molar-refractivity contribution < 1.29 is 0 Å². The second-order valence-corrected chi connectivity index (χ2v) is 5.39. The Morgan fingerprint density at radius 1 is 0.929 bits per heavy atom. The Morgan fingerprint density at radius 3 is 2.29 bits per heavy atom. The topological polar surface area (TPSA) is 12.0 Å². The van der Waals surface area contributed by atoms with Crippen LogP contribution in [0.15, 0.2) is 0 Å². The van der Waals surface area contributed by atoms with Crippen LogP contribution in [0.1, 0.15) is 51.9 Å². The molecule has 2 atom stereocenters. The van der Waals surface area contributed by atoms with Crippen LogP contribution in [0.2, 0.25) is 0 Å². The van der Waals surface area contributed by atoms with Crippen LogP contribution in [0, 0.1) is 17.8 Å². The van der Waals surface area contributed by atoms with Gasteiger partial charge in [-0.25, -0.2) is 0 Å². The van der Waals surface area contributed by atoms with Crippen LogP contribution in [-0.2, 0) is 0 Å². The van der Waals surface area contributed by atoms with Gasteiger partial charge >= 0.3 is 0 Å². The van der Waals surface area contributed by atoms with Gasteiger partial charge in [-0.05, 0) is 37.3 Å². The van der Waals surface area contributed by atoms with E-state index < -0.39 is 0 Å². The summed E-state index contributed by atoms with van der Waals surface area (Å²) < 4.78 is 0. The van der Waals surface area contributed by atoms with E-state index in [0.717, 1.165) is 17.8 Å². The van der Waals surface area contributed by atoms with Gasteiger partial charge in [0, 0.05) is 0 Å². The fourth-order valence-electron chi connectivity index (χ4n) is 3.47. The van der Waals surface area contributed by atoms with Crippen LogP contribution in [0.4, 0.5) is 0 Å². The number of nitrogens with one attached hydrogen (secondary N) is 1. The lowest BCUT2D eigenvalue weighted by Crippen LogP contribution is -2.38. The zero-order valence-electron chi connectivity index (χ0n) is 9.60. The first-order chi connectivity index (χ1) is 6.88. The molecule has 0 aromatic carbocycles. The summed E-state index contributed by atoms with van der Waals surface area (Å²) in [5.41, 5.74) is 0. The summed E-state index contributed by atoms with van der Waals surface area (Å²) in [7, 11) is 0. The zero-order chi connectivity index (χ0) is 9.80. The van der Waals surface area contributed by atoms with Crippen molar-refractivity contribution in [2.45, 2.75) is 51.9 Å². The van der Waals surface area contributed by atoms with Crippen LogP contribution >= 0.6 is 0 Å². The van der Waals surface area contributed by atoms with Crippen molar-refractivity contribution in [1.29, 1.82) is 0 Å². The molecule has 0 spiro atoms. The third-order valence-corrected chi connectivity index (χ3v) is 4.36. The Morgan fingerprint density at radius 2 is 1.64 bits per heavy atom. The van der Waals surface area contributed by atoms with Crippen molar-refractivity contribution in [3.05, 3.63) is 0 Å². The van der Waals surface area contributed by atoms with Gasteiger partial charge in [0.15, 0.2) is 0 Å². The predicted molar refractivity (Wildman–Crippen MR) is 61.3 cm³/mol. The molecule has 0 bridgehead atoms. The molecule has 1 aliphatic heterocycles. The first-order valence-corrected chi connectivity index (χ1v) is 6.58. The Kier molecular flexibility index (Phi) is 3.86. The Hall–Kier alpha value is -0.0400. The van der Waals surface area contributed by atoms with E-state index in [9.17, 15) is 0 Å². The second-order valence-electron chi connectivity index (χ2n) is 5.39. The summed E-state index contributed by atoms with van der Waals surface area (Å²) in [6, 6.07) is 0. The first kappa shape index (κ1) is 10.5. The molecule has 1 N–H and O–H groups in total. The van der Waals surface area contributed by atoms with Gasteiger partial charge in [-0.2, -0.15) is 0 Å². The van der Waals surface area contributed by atoms with Crippen molar-refractivity contribution in [2.75, 3.05) is 13.1 Å². The van der Waals surface area contributed by atoms with Crippen LogP contribution in [-0.4, -0.2) is 13.1 Å². The number of hydrogen-bond donors (Lipinski definition) is 1. The normalized spacial score (nSPS) is 36.6. The van der Waals surface area contributed by atoms with Gasteiger partial charge < -0.3 is 5.32 Å². The molecule has 1 saturated carbocycles. The van der Waals surface area contributed by atoms with Crippen molar-refractivity contribution in [3.8, 4) is 0 Å². The summed E-state index contributed by atoms with van der Waals surface area (Å²) in [5, 5.41) is 3.52. The highest BCUT2D eigenvalue weighted by Gasteiger charge is 2.28. The lowest BCUT2D eigenvalue weighted by atomic mass is 9.75. The number of rotatable bonds is 1. The van der Waals surface area contributed by atoms with E-state index >= 15 is 0 Å². The second kappa shape index (κ2) is 5.16. The molecule has 0 amide bonds. The van der Waals surface area contributed by atoms with E-state index in [1.807, 2.05) is 0 Å². The van der Waals surface area contributed by atoms with Gasteiger partial charge in [0.25, 0.3) is 0 Å². The Balaban J connectivity index is 1.90. The summed E-state index contributed by atoms with van der Waals surface area (Å²) in [6.45, 7) is 4.98. The minimum Gasteiger partial charge on any atom is -0.316 e. The molecule has 1 heterocycles. The van der Waals surface area contributed by atoms with Crippen molar-refractivity contribution in [3.63, 3.8) is 0 Å². The van der Waals surface area contributed by atoms with E-state index in [-0.39, 0.29) is 0 Å². The monoisotopic (exact) mass is 195 g/mol. The highest BCUT2D eigenvalue weighted by Crippen LogP contribution is 2.35. The van der Waals surface area contributed by atoms with Gasteiger partial charge in [0.05, 0.1) is 0 Å². The smallest absolute Gasteiger partial charge is 0.00204 e. The van der Waals surface area contributed by atoms with Crippen molar-refractivity contribution >= 4 is 0 Å². The molecule has 1 nitrogen and oxygen atoms in total. The lowest BCUT2D eigenvalue weighted by molar-refractivity contribution is 0.171. The summed E-state index contributed by atoms with van der Waals surface area (Å²) in [6.07, 6.45) is 10.5. The highest BCUT2D eigenvalue weighted by atomic mass is 14.9. The largest absolute Gasteiger partial charge is 0.316 e. The minimum atomic E-state index is 0.923. The predicted octanol–water partition coefficient (Wildman–Crippen LogP) is 3.20. The molecule has 2 unspecified atom stereocenters. The number of hydrogen-bond acceptors (Lipinski definition) is 1. The molecule has 0 aromatic rings. The quantitative estimate of drug-likeness (QED) is 0.634. The third-order valence-electron chi connectivity index (χ3n) is 4.36. The van der Waals surface area contributed by atoms with Crippen molar-refractivity contribution in [1.82, 2.24) is 5.32 Å². The fraction of sp³-hybridized carbons (Fsp3) is 1.00. The van der Waals surface area contributed by atoms with Crippen LogP contribution in [0.3, 0.4) is 0 Å². The Labute approximate surface area is 88.7 Å². The molecule has 0 radical (unpaired) electrons. The average Bonchev–Trinajstić information content (AvgIpc) is 2.47. The molecule has 14 heavy (non-hydrogen) atoms. The maximum absolute atomic E-state index is 3.52. The van der Waals surface area contributed by atoms with Gasteiger partial charge in [-0.3, -0.25) is 0 Å². The number of piperidine rings is 1. The molecule has 1 saturated heterocycles. The van der Waals surface area contributed by atoms with Gasteiger partial charge in [0.2, 0.25) is 0 Å². The molecule has 2 aliphatic rings. The summed E-state index contributed by atoms with van der Waals surface area (Å²) in [5.74, 6) is 3.02. The van der Waals surface area contributed by atoms with Gasteiger partial charge in [-0.15, -0.1) is 0 Å². The molecule has 1 aliphatic carbocycles. The SMILES string of the molecule is CC1CNCCC1C1CCCCCC1. The highest BCUT2D eigenvalue weighted by molar-refractivity contribution is 4.81. The molecular formula is C13H25N. The summed E-state index contributed by atoms with van der Waals surface area (Å²) >= 11 is 0. The molecule has 2 fully saturated rings. The zero-order valence-corrected chi connectivity index (χ0v) is 9.60. The molecule has 1 heteroatoms. The molecular weight excluding hydrogens is 170 g/mol. The molecule has 82 valence electrons. The maximum atomic E-state index is 3.52. The minimum absolute atomic E-state index is 0.923.